The van der Waals surface area contributed by atoms with Gasteiger partial charge in [0.25, 0.3) is 0 Å². The zero-order valence-electron chi connectivity index (χ0n) is 11.1. The van der Waals surface area contributed by atoms with Crippen LogP contribution in [0.3, 0.4) is 0 Å². The van der Waals surface area contributed by atoms with Crippen molar-refractivity contribution in [1.29, 1.82) is 0 Å². The monoisotopic (exact) mass is 261 g/mol. The van der Waals surface area contributed by atoms with E-state index in [1.54, 1.807) is 20.8 Å². The zero-order valence-corrected chi connectivity index (χ0v) is 11.1. The summed E-state index contributed by atoms with van der Waals surface area (Å²) < 4.78 is 4.89. The molecular formula is C11H19NO6. The van der Waals surface area contributed by atoms with Crippen molar-refractivity contribution in [2.75, 3.05) is 0 Å². The van der Waals surface area contributed by atoms with Gasteiger partial charge in [-0.15, -0.1) is 0 Å². The lowest BCUT2D eigenvalue weighted by Crippen LogP contribution is -2.54. The fraction of sp³-hybridized carbons (Fsp3) is 0.727. The Bertz CT molecular complexity index is 355. The van der Waals surface area contributed by atoms with Gasteiger partial charge in [-0.2, -0.15) is 0 Å². The fourth-order valence-electron chi connectivity index (χ4n) is 1.10. The standard InChI is InChI=1S/C11H19NO6/c1-10(2,3)18-9(17)12-6(7(13)14)11(4,5)8(15)16/h6H,1-5H3,(H,12,17)(H,13,14)(H,15,16)/t6-/m0/s1. The highest BCUT2D eigenvalue weighted by atomic mass is 16.6. The molecule has 0 fully saturated rings. The fourth-order valence-corrected chi connectivity index (χ4v) is 1.10. The van der Waals surface area contributed by atoms with Gasteiger partial charge in [-0.25, -0.2) is 9.59 Å². The molecule has 0 rings (SSSR count). The summed E-state index contributed by atoms with van der Waals surface area (Å²) in [6.45, 7) is 7.27. The highest BCUT2D eigenvalue weighted by molar-refractivity contribution is 5.88. The van der Waals surface area contributed by atoms with E-state index in [0.717, 1.165) is 0 Å². The van der Waals surface area contributed by atoms with Crippen LogP contribution in [0.4, 0.5) is 4.79 Å². The molecule has 0 saturated heterocycles. The minimum atomic E-state index is -1.65. The molecule has 0 aromatic carbocycles. The largest absolute Gasteiger partial charge is 0.481 e. The molecule has 0 aromatic rings. The molecule has 0 aliphatic rings. The van der Waals surface area contributed by atoms with E-state index in [-0.39, 0.29) is 0 Å². The Morgan fingerprint density at radius 2 is 1.50 bits per heavy atom. The summed E-state index contributed by atoms with van der Waals surface area (Å²) in [6.07, 6.45) is -0.968. The van der Waals surface area contributed by atoms with E-state index in [0.29, 0.717) is 0 Å². The maximum atomic E-state index is 11.5. The second kappa shape index (κ2) is 5.24. The molecule has 0 spiro atoms. The summed E-state index contributed by atoms with van der Waals surface area (Å²) in [5.74, 6) is -2.76. The van der Waals surface area contributed by atoms with Crippen molar-refractivity contribution in [2.24, 2.45) is 5.41 Å². The smallest absolute Gasteiger partial charge is 0.408 e. The molecule has 104 valence electrons. The molecule has 3 N–H and O–H groups in total. The van der Waals surface area contributed by atoms with Gasteiger partial charge in [-0.05, 0) is 34.6 Å². The quantitative estimate of drug-likeness (QED) is 0.697. The molecule has 1 atom stereocenters. The van der Waals surface area contributed by atoms with Gasteiger partial charge in [0, 0.05) is 0 Å². The molecular weight excluding hydrogens is 242 g/mol. The lowest BCUT2D eigenvalue weighted by Gasteiger charge is -2.29. The van der Waals surface area contributed by atoms with Crippen LogP contribution in [0.15, 0.2) is 0 Å². The average Bonchev–Trinajstić information content (AvgIpc) is 2.10. The third kappa shape index (κ3) is 4.60. The Kier molecular flexibility index (Phi) is 4.72. The Hall–Kier alpha value is -1.79. The molecule has 7 heteroatoms. The summed E-state index contributed by atoms with van der Waals surface area (Å²) in [7, 11) is 0. The van der Waals surface area contributed by atoms with Crippen LogP contribution in [0.25, 0.3) is 0 Å². The minimum absolute atomic E-state index is 0.791. The molecule has 0 aliphatic heterocycles. The molecule has 0 unspecified atom stereocenters. The van der Waals surface area contributed by atoms with Crippen LogP contribution < -0.4 is 5.32 Å². The van der Waals surface area contributed by atoms with Crippen LogP contribution in [0.1, 0.15) is 34.6 Å². The molecule has 18 heavy (non-hydrogen) atoms. The Labute approximate surface area is 105 Å². The SMILES string of the molecule is CC(C)(C)OC(=O)N[C@@H](C(=O)O)C(C)(C)C(=O)O. The lowest BCUT2D eigenvalue weighted by atomic mass is 9.84. The molecule has 0 saturated carbocycles. The van der Waals surface area contributed by atoms with E-state index in [1.807, 2.05) is 0 Å². The molecule has 1 amide bonds. The number of rotatable bonds is 4. The van der Waals surface area contributed by atoms with Crippen LogP contribution in [0.2, 0.25) is 0 Å². The number of aliphatic carboxylic acids is 2. The highest BCUT2D eigenvalue weighted by Crippen LogP contribution is 2.21. The van der Waals surface area contributed by atoms with Crippen molar-refractivity contribution in [2.45, 2.75) is 46.3 Å². The summed E-state index contributed by atoms with van der Waals surface area (Å²) in [6, 6.07) is -1.58. The second-order valence-electron chi connectivity index (χ2n) is 5.44. The van der Waals surface area contributed by atoms with Gasteiger partial charge in [0.15, 0.2) is 0 Å². The van der Waals surface area contributed by atoms with Crippen molar-refractivity contribution in [3.05, 3.63) is 0 Å². The predicted octanol–water partition coefficient (Wildman–Crippen LogP) is 1.08. The van der Waals surface area contributed by atoms with E-state index in [1.165, 1.54) is 13.8 Å². The first kappa shape index (κ1) is 16.2. The lowest BCUT2D eigenvalue weighted by molar-refractivity contribution is -0.156. The Morgan fingerprint density at radius 3 is 1.78 bits per heavy atom. The summed E-state index contributed by atoms with van der Waals surface area (Å²) in [5.41, 5.74) is -2.44. The summed E-state index contributed by atoms with van der Waals surface area (Å²) in [5, 5.41) is 20.0. The Morgan fingerprint density at radius 1 is 1.06 bits per heavy atom. The molecule has 7 nitrogen and oxygen atoms in total. The number of nitrogens with one attached hydrogen (secondary N) is 1. The maximum Gasteiger partial charge on any atom is 0.408 e. The van der Waals surface area contributed by atoms with Crippen molar-refractivity contribution in [3.8, 4) is 0 Å². The normalized spacial score (nSPS) is 13.6. The second-order valence-corrected chi connectivity index (χ2v) is 5.44. The summed E-state index contributed by atoms with van der Waals surface area (Å²) >= 11 is 0. The van der Waals surface area contributed by atoms with Crippen molar-refractivity contribution in [3.63, 3.8) is 0 Å². The number of carboxylic acids is 2. The topological polar surface area (TPSA) is 113 Å². The first-order valence-electron chi connectivity index (χ1n) is 5.33. The first-order chi connectivity index (χ1) is 7.88. The van der Waals surface area contributed by atoms with Crippen LogP contribution in [0, 0.1) is 5.41 Å². The van der Waals surface area contributed by atoms with Gasteiger partial charge in [0.2, 0.25) is 0 Å². The van der Waals surface area contributed by atoms with Gasteiger partial charge >= 0.3 is 18.0 Å². The van der Waals surface area contributed by atoms with Gasteiger partial charge in [0.1, 0.15) is 11.6 Å². The average molecular weight is 261 g/mol. The predicted molar refractivity (Wildman–Crippen MR) is 62.2 cm³/mol. The summed E-state index contributed by atoms with van der Waals surface area (Å²) in [4.78, 5) is 33.4. The third-order valence-electron chi connectivity index (χ3n) is 2.18. The van der Waals surface area contributed by atoms with Gasteiger partial charge in [-0.1, -0.05) is 0 Å². The van der Waals surface area contributed by atoms with Crippen molar-refractivity contribution >= 4 is 18.0 Å². The van der Waals surface area contributed by atoms with E-state index in [2.05, 4.69) is 5.32 Å². The van der Waals surface area contributed by atoms with Crippen LogP contribution in [-0.2, 0) is 14.3 Å². The van der Waals surface area contributed by atoms with E-state index in [9.17, 15) is 14.4 Å². The maximum absolute atomic E-state index is 11.5. The van der Waals surface area contributed by atoms with Gasteiger partial charge in [-0.3, -0.25) is 4.79 Å². The molecule has 0 aliphatic carbocycles. The first-order valence-corrected chi connectivity index (χ1v) is 5.33. The van der Waals surface area contributed by atoms with E-state index >= 15 is 0 Å². The molecule has 0 bridgehead atoms. The van der Waals surface area contributed by atoms with Crippen LogP contribution in [-0.4, -0.2) is 39.9 Å². The molecule has 0 radical (unpaired) electrons. The van der Waals surface area contributed by atoms with E-state index < -0.39 is 35.1 Å². The minimum Gasteiger partial charge on any atom is -0.481 e. The van der Waals surface area contributed by atoms with Crippen molar-refractivity contribution < 1.29 is 29.3 Å². The molecule has 0 heterocycles. The van der Waals surface area contributed by atoms with Gasteiger partial charge < -0.3 is 20.3 Å². The third-order valence-corrected chi connectivity index (χ3v) is 2.18. The van der Waals surface area contributed by atoms with E-state index in [4.69, 9.17) is 14.9 Å². The molecule has 0 aromatic heterocycles. The number of carboxylic acid groups (broad SMARTS) is 2. The number of carbonyl (C=O) groups excluding carboxylic acids is 1. The van der Waals surface area contributed by atoms with Gasteiger partial charge in [0.05, 0.1) is 5.41 Å². The number of amides is 1. The number of alkyl carbamates (subject to hydrolysis) is 1. The highest BCUT2D eigenvalue weighted by Gasteiger charge is 2.43. The van der Waals surface area contributed by atoms with Crippen molar-refractivity contribution in [1.82, 2.24) is 5.32 Å². The van der Waals surface area contributed by atoms with Crippen LogP contribution >= 0.6 is 0 Å². The Balaban J connectivity index is 4.92. The zero-order chi connectivity index (χ0) is 14.7. The number of ether oxygens (including phenoxy) is 1. The number of hydrogen-bond donors (Lipinski definition) is 3. The number of carbonyl (C=O) groups is 3. The number of hydrogen-bond acceptors (Lipinski definition) is 4. The van der Waals surface area contributed by atoms with Crippen LogP contribution in [0.5, 0.6) is 0 Å².